The van der Waals surface area contributed by atoms with Gasteiger partial charge in [0.05, 0.1) is 17.1 Å². The Morgan fingerprint density at radius 1 is 1.62 bits per heavy atom. The summed E-state index contributed by atoms with van der Waals surface area (Å²) in [6, 6.07) is 1.79. The fourth-order valence-corrected chi connectivity index (χ4v) is 1.76. The molecule has 0 saturated carbocycles. The maximum absolute atomic E-state index is 5.89. The monoisotopic (exact) mass is 260 g/mol. The lowest BCUT2D eigenvalue weighted by atomic mass is 10.4. The molecule has 0 fully saturated rings. The van der Waals surface area contributed by atoms with Gasteiger partial charge in [-0.15, -0.1) is 0 Å². The molecule has 0 unspecified atom stereocenters. The van der Waals surface area contributed by atoms with Gasteiger partial charge < -0.3 is 9.72 Å². The van der Waals surface area contributed by atoms with Gasteiger partial charge >= 0.3 is 0 Å². The summed E-state index contributed by atoms with van der Waals surface area (Å²) in [7, 11) is 1.54. The first-order chi connectivity index (χ1) is 6.22. The first-order valence-electron chi connectivity index (χ1n) is 3.59. The number of aromatic nitrogens is 2. The van der Waals surface area contributed by atoms with Crippen LogP contribution in [0.1, 0.15) is 0 Å². The molecule has 1 N–H and O–H groups in total. The van der Waals surface area contributed by atoms with E-state index < -0.39 is 0 Å². The number of ether oxygens (including phenoxy) is 1. The molecular formula is C8H6BrClN2O. The number of halogens is 2. The first kappa shape index (κ1) is 8.84. The van der Waals surface area contributed by atoms with Crippen LogP contribution in [0.25, 0.3) is 11.0 Å². The normalized spacial score (nSPS) is 10.7. The molecule has 0 spiro atoms. The van der Waals surface area contributed by atoms with E-state index >= 15 is 0 Å². The average molecular weight is 262 g/mol. The van der Waals surface area contributed by atoms with E-state index in [1.54, 1.807) is 13.2 Å². The van der Waals surface area contributed by atoms with Crippen molar-refractivity contribution < 1.29 is 4.74 Å². The SMILES string of the molecule is COc1nc2c(Br)c[nH]c2cc1Cl. The van der Waals surface area contributed by atoms with Crippen molar-refractivity contribution in [2.75, 3.05) is 7.11 Å². The molecule has 68 valence electrons. The van der Waals surface area contributed by atoms with E-state index in [2.05, 4.69) is 25.9 Å². The largest absolute Gasteiger partial charge is 0.480 e. The lowest BCUT2D eigenvalue weighted by molar-refractivity contribution is 0.400. The number of aromatic amines is 1. The predicted molar refractivity (Wildman–Crippen MR) is 55.4 cm³/mol. The molecule has 0 radical (unpaired) electrons. The Hall–Kier alpha value is -0.740. The Morgan fingerprint density at radius 2 is 2.38 bits per heavy atom. The van der Waals surface area contributed by atoms with E-state index in [0.29, 0.717) is 10.9 Å². The second kappa shape index (κ2) is 3.20. The van der Waals surface area contributed by atoms with Crippen molar-refractivity contribution in [3.05, 3.63) is 21.8 Å². The minimum atomic E-state index is 0.439. The van der Waals surface area contributed by atoms with Gasteiger partial charge in [-0.25, -0.2) is 4.98 Å². The number of pyridine rings is 1. The topological polar surface area (TPSA) is 37.9 Å². The quantitative estimate of drug-likeness (QED) is 0.857. The van der Waals surface area contributed by atoms with Gasteiger partial charge in [0.15, 0.2) is 0 Å². The van der Waals surface area contributed by atoms with Crippen molar-refractivity contribution in [2.45, 2.75) is 0 Å². The lowest BCUT2D eigenvalue weighted by Gasteiger charge is -2.00. The molecule has 0 atom stereocenters. The van der Waals surface area contributed by atoms with E-state index in [0.717, 1.165) is 15.5 Å². The number of rotatable bonds is 1. The number of hydrogen-bond donors (Lipinski definition) is 1. The summed E-state index contributed by atoms with van der Waals surface area (Å²) in [6.45, 7) is 0. The van der Waals surface area contributed by atoms with Gasteiger partial charge in [-0.2, -0.15) is 0 Å². The van der Waals surface area contributed by atoms with Crippen molar-refractivity contribution in [1.29, 1.82) is 0 Å². The number of H-pyrrole nitrogens is 1. The van der Waals surface area contributed by atoms with E-state index in [9.17, 15) is 0 Å². The minimum absolute atomic E-state index is 0.439. The first-order valence-corrected chi connectivity index (χ1v) is 4.76. The van der Waals surface area contributed by atoms with E-state index in [1.807, 2.05) is 6.20 Å². The van der Waals surface area contributed by atoms with Gasteiger partial charge in [-0.1, -0.05) is 11.6 Å². The Morgan fingerprint density at radius 3 is 3.08 bits per heavy atom. The minimum Gasteiger partial charge on any atom is -0.480 e. The molecular weight excluding hydrogens is 255 g/mol. The summed E-state index contributed by atoms with van der Waals surface area (Å²) in [5.41, 5.74) is 1.71. The molecule has 0 amide bonds. The summed E-state index contributed by atoms with van der Waals surface area (Å²) in [4.78, 5) is 7.25. The fourth-order valence-electron chi connectivity index (χ4n) is 1.12. The number of hydrogen-bond acceptors (Lipinski definition) is 2. The molecule has 3 nitrogen and oxygen atoms in total. The highest BCUT2D eigenvalue weighted by Crippen LogP contribution is 2.29. The molecule has 2 heterocycles. The number of nitrogens with one attached hydrogen (secondary N) is 1. The van der Waals surface area contributed by atoms with Gasteiger partial charge in [0.1, 0.15) is 10.5 Å². The maximum Gasteiger partial charge on any atom is 0.233 e. The van der Waals surface area contributed by atoms with Crippen molar-refractivity contribution in [3.63, 3.8) is 0 Å². The average Bonchev–Trinajstić information content (AvgIpc) is 2.46. The Kier molecular flexibility index (Phi) is 2.17. The predicted octanol–water partition coefficient (Wildman–Crippen LogP) is 2.99. The molecule has 0 aliphatic carbocycles. The molecule has 0 saturated heterocycles. The van der Waals surface area contributed by atoms with Crippen LogP contribution in [-0.4, -0.2) is 17.1 Å². The third-order valence-corrected chi connectivity index (χ3v) is 2.59. The second-order valence-corrected chi connectivity index (χ2v) is 3.77. The molecule has 2 aromatic rings. The number of nitrogens with zero attached hydrogens (tertiary/aromatic N) is 1. The third-order valence-electron chi connectivity index (χ3n) is 1.72. The fraction of sp³-hybridized carbons (Fsp3) is 0.125. The van der Waals surface area contributed by atoms with E-state index in [4.69, 9.17) is 16.3 Å². The van der Waals surface area contributed by atoms with Crippen LogP contribution >= 0.6 is 27.5 Å². The zero-order valence-corrected chi connectivity index (χ0v) is 9.11. The molecule has 0 aromatic carbocycles. The van der Waals surface area contributed by atoms with Gasteiger partial charge in [-0.05, 0) is 22.0 Å². The van der Waals surface area contributed by atoms with Crippen LogP contribution in [-0.2, 0) is 0 Å². The molecule has 5 heteroatoms. The molecule has 2 rings (SSSR count). The van der Waals surface area contributed by atoms with Crippen LogP contribution in [0, 0.1) is 0 Å². The second-order valence-electron chi connectivity index (χ2n) is 2.51. The molecule has 0 aliphatic heterocycles. The van der Waals surface area contributed by atoms with Crippen LogP contribution < -0.4 is 4.74 Å². The van der Waals surface area contributed by atoms with Crippen molar-refractivity contribution in [2.24, 2.45) is 0 Å². The lowest BCUT2D eigenvalue weighted by Crippen LogP contribution is -1.88. The van der Waals surface area contributed by atoms with Crippen LogP contribution in [0.3, 0.4) is 0 Å². The summed E-state index contributed by atoms with van der Waals surface area (Å²) in [6.07, 6.45) is 1.81. The summed E-state index contributed by atoms with van der Waals surface area (Å²) in [5.74, 6) is 0.439. The standard InChI is InChI=1S/C8H6BrClN2O/c1-13-8-5(10)2-6-7(12-8)4(9)3-11-6/h2-3,11H,1H3. The van der Waals surface area contributed by atoms with Crippen molar-refractivity contribution >= 4 is 38.6 Å². The van der Waals surface area contributed by atoms with Gasteiger partial charge in [0.2, 0.25) is 5.88 Å². The highest BCUT2D eigenvalue weighted by Gasteiger charge is 2.08. The zero-order valence-electron chi connectivity index (χ0n) is 6.77. The third kappa shape index (κ3) is 1.40. The number of methoxy groups -OCH3 is 1. The Balaban J connectivity index is 2.77. The Labute approximate surface area is 88.2 Å². The molecule has 2 aromatic heterocycles. The van der Waals surface area contributed by atoms with Crippen LogP contribution in [0.4, 0.5) is 0 Å². The summed E-state index contributed by atoms with van der Waals surface area (Å²) >= 11 is 9.25. The van der Waals surface area contributed by atoms with Crippen LogP contribution in [0.2, 0.25) is 5.02 Å². The highest BCUT2D eigenvalue weighted by atomic mass is 79.9. The van der Waals surface area contributed by atoms with Gasteiger partial charge in [0.25, 0.3) is 0 Å². The maximum atomic E-state index is 5.89. The van der Waals surface area contributed by atoms with Crippen LogP contribution in [0.5, 0.6) is 5.88 Å². The smallest absolute Gasteiger partial charge is 0.233 e. The highest BCUT2D eigenvalue weighted by molar-refractivity contribution is 9.10. The van der Waals surface area contributed by atoms with Gasteiger partial charge in [-0.3, -0.25) is 0 Å². The van der Waals surface area contributed by atoms with E-state index in [1.165, 1.54) is 0 Å². The summed E-state index contributed by atoms with van der Waals surface area (Å²) in [5, 5.41) is 0.504. The molecule has 0 bridgehead atoms. The zero-order chi connectivity index (χ0) is 9.42. The Bertz CT molecular complexity index is 455. The van der Waals surface area contributed by atoms with Gasteiger partial charge in [0, 0.05) is 6.20 Å². The van der Waals surface area contributed by atoms with Crippen molar-refractivity contribution in [1.82, 2.24) is 9.97 Å². The number of fused-ring (bicyclic) bond motifs is 1. The van der Waals surface area contributed by atoms with E-state index in [-0.39, 0.29) is 0 Å². The molecule has 0 aliphatic rings. The van der Waals surface area contributed by atoms with Crippen LogP contribution in [0.15, 0.2) is 16.7 Å². The summed E-state index contributed by atoms with van der Waals surface area (Å²) < 4.78 is 5.90. The van der Waals surface area contributed by atoms with Crippen molar-refractivity contribution in [3.8, 4) is 5.88 Å². The molecule has 13 heavy (non-hydrogen) atoms.